The van der Waals surface area contributed by atoms with Gasteiger partial charge >= 0.3 is 5.97 Å². The molecule has 8 heteroatoms. The molecule has 0 bridgehead atoms. The molecule has 0 aliphatic rings. The number of esters is 1. The van der Waals surface area contributed by atoms with Gasteiger partial charge in [0.2, 0.25) is 0 Å². The molecule has 0 aliphatic carbocycles. The maximum atomic E-state index is 12.3. The van der Waals surface area contributed by atoms with Crippen LogP contribution >= 0.6 is 0 Å². The number of carbonyl (C=O) groups excluding carboxylic acids is 1. The quantitative estimate of drug-likeness (QED) is 0.819. The first-order valence-corrected chi connectivity index (χ1v) is 7.72. The second-order valence-electron chi connectivity index (χ2n) is 4.31. The summed E-state index contributed by atoms with van der Waals surface area (Å²) < 4.78 is 31.8. The Bertz CT molecular complexity index is 752. The topological polar surface area (TPSA) is 101 Å². The highest BCUT2D eigenvalue weighted by Gasteiger charge is 2.26. The van der Waals surface area contributed by atoms with Crippen molar-refractivity contribution in [3.8, 4) is 0 Å². The largest absolute Gasteiger partial charge is 0.462 e. The van der Waals surface area contributed by atoms with Crippen molar-refractivity contribution in [2.75, 3.05) is 11.3 Å². The van der Waals surface area contributed by atoms with Gasteiger partial charge in [-0.15, -0.1) is 0 Å². The first-order chi connectivity index (χ1) is 9.94. The number of aromatic nitrogens is 2. The van der Waals surface area contributed by atoms with Crippen LogP contribution < -0.4 is 4.72 Å². The number of nitrogens with zero attached hydrogens (tertiary/aromatic N) is 1. The van der Waals surface area contributed by atoms with E-state index in [0.29, 0.717) is 5.69 Å². The fraction of sp³-hybridized carbons (Fsp3) is 0.231. The molecule has 0 fully saturated rings. The molecule has 112 valence electrons. The lowest BCUT2D eigenvalue weighted by Gasteiger charge is -2.08. The highest BCUT2D eigenvalue weighted by atomic mass is 32.2. The number of aromatic amines is 1. The Labute approximate surface area is 122 Å². The lowest BCUT2D eigenvalue weighted by atomic mass is 10.2. The zero-order valence-electron chi connectivity index (χ0n) is 11.6. The van der Waals surface area contributed by atoms with Crippen molar-refractivity contribution < 1.29 is 17.9 Å². The van der Waals surface area contributed by atoms with Crippen LogP contribution in [0.25, 0.3) is 0 Å². The van der Waals surface area contributed by atoms with E-state index in [-0.39, 0.29) is 17.2 Å². The molecule has 1 aromatic carbocycles. The molecule has 0 spiro atoms. The Morgan fingerprint density at radius 3 is 2.86 bits per heavy atom. The Hall–Kier alpha value is -2.35. The predicted molar refractivity (Wildman–Crippen MR) is 76.5 cm³/mol. The van der Waals surface area contributed by atoms with E-state index in [2.05, 4.69) is 14.9 Å². The van der Waals surface area contributed by atoms with Gasteiger partial charge < -0.3 is 4.74 Å². The molecule has 7 nitrogen and oxygen atoms in total. The predicted octanol–water partition coefficient (Wildman–Crippen LogP) is 1.70. The van der Waals surface area contributed by atoms with Gasteiger partial charge in [-0.2, -0.15) is 13.5 Å². The number of sulfonamides is 1. The Balaban J connectivity index is 2.32. The van der Waals surface area contributed by atoms with E-state index in [1.165, 1.54) is 0 Å². The van der Waals surface area contributed by atoms with Gasteiger partial charge in [0.05, 0.1) is 12.8 Å². The average molecular weight is 309 g/mol. The molecule has 21 heavy (non-hydrogen) atoms. The Morgan fingerprint density at radius 1 is 1.43 bits per heavy atom. The van der Waals surface area contributed by atoms with Crippen LogP contribution in [0.15, 0.2) is 35.5 Å². The number of H-pyrrole nitrogens is 1. The van der Waals surface area contributed by atoms with Gasteiger partial charge in [-0.1, -0.05) is 12.1 Å². The number of rotatable bonds is 5. The first kappa shape index (κ1) is 15.0. The van der Waals surface area contributed by atoms with Crippen molar-refractivity contribution in [1.29, 1.82) is 0 Å². The lowest BCUT2D eigenvalue weighted by Crippen LogP contribution is -2.17. The van der Waals surface area contributed by atoms with Crippen molar-refractivity contribution in [2.45, 2.75) is 18.9 Å². The maximum absolute atomic E-state index is 12.3. The lowest BCUT2D eigenvalue weighted by molar-refractivity contribution is 0.0522. The molecule has 0 amide bonds. The van der Waals surface area contributed by atoms with Crippen molar-refractivity contribution in [1.82, 2.24) is 10.2 Å². The Morgan fingerprint density at radius 2 is 2.19 bits per heavy atom. The smallest absolute Gasteiger partial charge is 0.342 e. The molecule has 1 heterocycles. The average Bonchev–Trinajstić information content (AvgIpc) is 2.88. The minimum Gasteiger partial charge on any atom is -0.462 e. The van der Waals surface area contributed by atoms with E-state index in [1.54, 1.807) is 25.1 Å². The van der Waals surface area contributed by atoms with E-state index in [0.717, 1.165) is 11.8 Å². The van der Waals surface area contributed by atoms with Crippen LogP contribution in [0.4, 0.5) is 5.69 Å². The summed E-state index contributed by atoms with van der Waals surface area (Å²) in [7, 11) is -3.95. The van der Waals surface area contributed by atoms with Crippen LogP contribution in [0, 0.1) is 6.92 Å². The summed E-state index contributed by atoms with van der Waals surface area (Å²) in [6.07, 6.45) is 1.13. The number of benzene rings is 1. The van der Waals surface area contributed by atoms with Crippen molar-refractivity contribution in [2.24, 2.45) is 0 Å². The first-order valence-electron chi connectivity index (χ1n) is 6.24. The van der Waals surface area contributed by atoms with E-state index in [1.807, 2.05) is 13.0 Å². The molecule has 2 N–H and O–H groups in total. The van der Waals surface area contributed by atoms with Gasteiger partial charge in [0, 0.05) is 5.69 Å². The van der Waals surface area contributed by atoms with Crippen LogP contribution in [-0.4, -0.2) is 31.2 Å². The van der Waals surface area contributed by atoms with Crippen molar-refractivity contribution >= 4 is 21.7 Å². The maximum Gasteiger partial charge on any atom is 0.342 e. The normalized spacial score (nSPS) is 11.1. The fourth-order valence-corrected chi connectivity index (χ4v) is 2.89. The molecule has 0 saturated carbocycles. The van der Waals surface area contributed by atoms with E-state index in [9.17, 15) is 13.2 Å². The molecule has 2 aromatic rings. The molecule has 2 rings (SSSR count). The zero-order valence-corrected chi connectivity index (χ0v) is 12.4. The summed E-state index contributed by atoms with van der Waals surface area (Å²) in [6, 6.07) is 6.87. The second-order valence-corrected chi connectivity index (χ2v) is 5.93. The van der Waals surface area contributed by atoms with Crippen LogP contribution in [0.2, 0.25) is 0 Å². The van der Waals surface area contributed by atoms with Crippen LogP contribution in [0.5, 0.6) is 0 Å². The number of hydrogen-bond acceptors (Lipinski definition) is 5. The Kier molecular flexibility index (Phi) is 4.27. The van der Waals surface area contributed by atoms with Crippen molar-refractivity contribution in [3.05, 3.63) is 41.6 Å². The minimum atomic E-state index is -3.95. The molecule has 0 aliphatic heterocycles. The standard InChI is InChI=1S/C13H15N3O4S/c1-3-20-13(17)11-8-14-15-12(11)21(18,19)16-10-6-4-5-9(2)7-10/h4-8,16H,3H2,1-2H3,(H,14,15). The van der Waals surface area contributed by atoms with Gasteiger partial charge in [0.1, 0.15) is 5.56 Å². The number of nitrogens with one attached hydrogen (secondary N) is 2. The van der Waals surface area contributed by atoms with E-state index >= 15 is 0 Å². The summed E-state index contributed by atoms with van der Waals surface area (Å²) in [4.78, 5) is 11.7. The second kappa shape index (κ2) is 5.96. The van der Waals surface area contributed by atoms with Gasteiger partial charge in [-0.3, -0.25) is 9.82 Å². The molecule has 1 aromatic heterocycles. The number of aryl methyl sites for hydroxylation is 1. The molecular weight excluding hydrogens is 294 g/mol. The number of carbonyl (C=O) groups is 1. The van der Waals surface area contributed by atoms with E-state index in [4.69, 9.17) is 4.74 Å². The summed E-state index contributed by atoms with van der Waals surface area (Å²) in [5.74, 6) is -0.740. The molecule has 0 atom stereocenters. The summed E-state index contributed by atoms with van der Waals surface area (Å²) >= 11 is 0. The van der Waals surface area contributed by atoms with Crippen LogP contribution in [-0.2, 0) is 14.8 Å². The van der Waals surface area contributed by atoms with Gasteiger partial charge in [0.25, 0.3) is 10.0 Å². The van der Waals surface area contributed by atoms with Gasteiger partial charge in [-0.05, 0) is 31.5 Å². The van der Waals surface area contributed by atoms with Gasteiger partial charge in [-0.25, -0.2) is 4.79 Å². The fourth-order valence-electron chi connectivity index (χ4n) is 1.75. The van der Waals surface area contributed by atoms with E-state index < -0.39 is 16.0 Å². The third kappa shape index (κ3) is 3.40. The molecule has 0 saturated heterocycles. The SMILES string of the molecule is CCOC(=O)c1cn[nH]c1S(=O)(=O)Nc1cccc(C)c1. The highest BCUT2D eigenvalue weighted by Crippen LogP contribution is 2.18. The number of hydrogen-bond donors (Lipinski definition) is 2. The highest BCUT2D eigenvalue weighted by molar-refractivity contribution is 7.92. The van der Waals surface area contributed by atoms with Crippen LogP contribution in [0.1, 0.15) is 22.8 Å². The van der Waals surface area contributed by atoms with Crippen molar-refractivity contribution in [3.63, 3.8) is 0 Å². The molecule has 0 unspecified atom stereocenters. The zero-order chi connectivity index (χ0) is 15.5. The third-order valence-corrected chi connectivity index (χ3v) is 3.99. The number of anilines is 1. The molecular formula is C13H15N3O4S. The minimum absolute atomic E-state index is 0.128. The molecule has 0 radical (unpaired) electrons. The van der Waals surface area contributed by atoms with Gasteiger partial charge in [0.15, 0.2) is 5.03 Å². The monoisotopic (exact) mass is 309 g/mol. The number of ether oxygens (including phenoxy) is 1. The summed E-state index contributed by atoms with van der Waals surface area (Å²) in [6.45, 7) is 3.63. The van der Waals surface area contributed by atoms with Crippen LogP contribution in [0.3, 0.4) is 0 Å². The summed E-state index contributed by atoms with van der Waals surface area (Å²) in [5, 5.41) is 5.61. The summed E-state index contributed by atoms with van der Waals surface area (Å²) in [5.41, 5.74) is 1.18. The third-order valence-electron chi connectivity index (χ3n) is 2.64.